The fourth-order valence-corrected chi connectivity index (χ4v) is 2.26. The summed E-state index contributed by atoms with van der Waals surface area (Å²) in [6.07, 6.45) is -3.98. The highest BCUT2D eigenvalue weighted by Crippen LogP contribution is 2.30. The van der Waals surface area contributed by atoms with Gasteiger partial charge in [0.25, 0.3) is 5.78 Å². The van der Waals surface area contributed by atoms with Crippen molar-refractivity contribution in [1.29, 1.82) is 0 Å². The second-order valence-corrected chi connectivity index (χ2v) is 5.04. The van der Waals surface area contributed by atoms with Gasteiger partial charge >= 0.3 is 6.18 Å². The summed E-state index contributed by atoms with van der Waals surface area (Å²) in [6, 6.07) is 4.50. The number of nitrogens with zero attached hydrogens (tertiary/aromatic N) is 1. The van der Waals surface area contributed by atoms with Gasteiger partial charge in [-0.15, -0.1) is 0 Å². The number of hydrogen-bond acceptors (Lipinski definition) is 2. The lowest BCUT2D eigenvalue weighted by Crippen LogP contribution is -2.22. The quantitative estimate of drug-likeness (QED) is 0.866. The van der Waals surface area contributed by atoms with Crippen LogP contribution in [-0.4, -0.2) is 22.4 Å². The maximum Gasteiger partial charge on any atom is 0.454 e. The van der Waals surface area contributed by atoms with Gasteiger partial charge in [-0.05, 0) is 18.2 Å². The van der Waals surface area contributed by atoms with Gasteiger partial charge in [-0.3, -0.25) is 9.59 Å². The number of aromatic nitrogens is 1. The van der Waals surface area contributed by atoms with Crippen LogP contribution in [0.5, 0.6) is 0 Å². The molecular weight excluding hydrogens is 341 g/mol. The zero-order valence-electron chi connectivity index (χ0n) is 9.87. The molecular formula is C12H8BrF3N2O2. The summed E-state index contributed by atoms with van der Waals surface area (Å²) in [4.78, 5) is 22.4. The number of primary amides is 1. The van der Waals surface area contributed by atoms with E-state index >= 15 is 0 Å². The third-order valence-electron chi connectivity index (χ3n) is 2.67. The lowest BCUT2D eigenvalue weighted by atomic mass is 10.1. The van der Waals surface area contributed by atoms with Crippen LogP contribution < -0.4 is 5.73 Å². The Morgan fingerprint density at radius 1 is 1.30 bits per heavy atom. The molecule has 20 heavy (non-hydrogen) atoms. The monoisotopic (exact) mass is 348 g/mol. The highest BCUT2D eigenvalue weighted by molar-refractivity contribution is 9.10. The molecule has 106 valence electrons. The topological polar surface area (TPSA) is 65.1 Å². The van der Waals surface area contributed by atoms with Crippen LogP contribution in [0.25, 0.3) is 10.9 Å². The molecule has 0 spiro atoms. The molecule has 0 fully saturated rings. The zero-order chi connectivity index (χ0) is 15.1. The minimum absolute atomic E-state index is 0.114. The highest BCUT2D eigenvalue weighted by Gasteiger charge is 2.40. The van der Waals surface area contributed by atoms with Crippen LogP contribution in [0.3, 0.4) is 0 Å². The van der Waals surface area contributed by atoms with Gasteiger partial charge in [-0.1, -0.05) is 15.9 Å². The van der Waals surface area contributed by atoms with E-state index in [1.807, 2.05) is 0 Å². The number of carbonyl (C=O) groups is 2. The molecule has 0 saturated carbocycles. The Hall–Kier alpha value is -1.83. The fraction of sp³-hybridized carbons (Fsp3) is 0.167. The Morgan fingerprint density at radius 2 is 1.95 bits per heavy atom. The van der Waals surface area contributed by atoms with E-state index in [9.17, 15) is 22.8 Å². The molecule has 0 aliphatic carbocycles. The van der Waals surface area contributed by atoms with Gasteiger partial charge in [0.05, 0.1) is 5.56 Å². The van der Waals surface area contributed by atoms with Crippen molar-refractivity contribution in [1.82, 2.24) is 4.57 Å². The van der Waals surface area contributed by atoms with Crippen molar-refractivity contribution in [3.63, 3.8) is 0 Å². The number of ketones is 1. The van der Waals surface area contributed by atoms with Crippen LogP contribution in [0.2, 0.25) is 0 Å². The molecule has 0 aliphatic heterocycles. The van der Waals surface area contributed by atoms with Gasteiger partial charge in [0.1, 0.15) is 6.54 Å². The predicted molar refractivity (Wildman–Crippen MR) is 69.2 cm³/mol. The normalized spacial score (nSPS) is 11.8. The highest BCUT2D eigenvalue weighted by atomic mass is 79.9. The summed E-state index contributed by atoms with van der Waals surface area (Å²) >= 11 is 3.13. The van der Waals surface area contributed by atoms with Gasteiger partial charge in [0.15, 0.2) is 0 Å². The molecule has 0 atom stereocenters. The number of carbonyl (C=O) groups excluding carboxylic acids is 2. The standard InChI is InChI=1S/C12H8BrF3N2O2/c13-6-1-2-9-7(3-6)8(11(20)12(14,15)16)4-18(9)5-10(17)19/h1-4H,5H2,(H2,17,19). The molecule has 2 rings (SSSR count). The van der Waals surface area contributed by atoms with Gasteiger partial charge in [-0.25, -0.2) is 0 Å². The summed E-state index contributed by atoms with van der Waals surface area (Å²) in [5.41, 5.74) is 4.87. The molecule has 1 heterocycles. The minimum atomic E-state index is -4.98. The smallest absolute Gasteiger partial charge is 0.368 e. The summed E-state index contributed by atoms with van der Waals surface area (Å²) < 4.78 is 39.5. The first-order chi connectivity index (χ1) is 9.20. The van der Waals surface area contributed by atoms with Crippen LogP contribution in [-0.2, 0) is 11.3 Å². The van der Waals surface area contributed by atoms with E-state index in [4.69, 9.17) is 5.73 Å². The number of Topliss-reactive ketones (excluding diaryl/α,β-unsaturated/α-hetero) is 1. The SMILES string of the molecule is NC(=O)Cn1cc(C(=O)C(F)(F)F)c2cc(Br)ccc21. The second kappa shape index (κ2) is 4.93. The minimum Gasteiger partial charge on any atom is -0.368 e. The molecule has 0 radical (unpaired) electrons. The van der Waals surface area contributed by atoms with E-state index in [1.54, 1.807) is 6.07 Å². The van der Waals surface area contributed by atoms with Crippen molar-refractivity contribution >= 4 is 38.5 Å². The van der Waals surface area contributed by atoms with Crippen LogP contribution in [0.4, 0.5) is 13.2 Å². The van der Waals surface area contributed by atoms with Gasteiger partial charge in [0, 0.05) is 21.6 Å². The molecule has 0 saturated heterocycles. The number of alkyl halides is 3. The van der Waals surface area contributed by atoms with Crippen molar-refractivity contribution in [3.8, 4) is 0 Å². The summed E-state index contributed by atoms with van der Waals surface area (Å²) in [5, 5.41) is 0.114. The molecule has 4 nitrogen and oxygen atoms in total. The van der Waals surface area contributed by atoms with E-state index < -0.39 is 23.4 Å². The lowest BCUT2D eigenvalue weighted by Gasteiger charge is -2.03. The molecule has 8 heteroatoms. The average molecular weight is 349 g/mol. The molecule has 2 aromatic rings. The molecule has 0 bridgehead atoms. The Labute approximate surface area is 119 Å². The molecule has 1 amide bonds. The zero-order valence-corrected chi connectivity index (χ0v) is 11.5. The van der Waals surface area contributed by atoms with E-state index in [0.717, 1.165) is 6.20 Å². The van der Waals surface area contributed by atoms with Crippen molar-refractivity contribution in [2.75, 3.05) is 0 Å². The number of amides is 1. The maximum absolute atomic E-state index is 12.6. The molecule has 1 aromatic heterocycles. The molecule has 2 N–H and O–H groups in total. The number of rotatable bonds is 3. The average Bonchev–Trinajstić information content (AvgIpc) is 2.64. The second-order valence-electron chi connectivity index (χ2n) is 4.13. The van der Waals surface area contributed by atoms with Gasteiger partial charge in [-0.2, -0.15) is 13.2 Å². The fourth-order valence-electron chi connectivity index (χ4n) is 1.90. The molecule has 1 aromatic carbocycles. The Morgan fingerprint density at radius 3 is 2.50 bits per heavy atom. The van der Waals surface area contributed by atoms with E-state index in [-0.39, 0.29) is 11.9 Å². The van der Waals surface area contributed by atoms with Crippen molar-refractivity contribution in [2.45, 2.75) is 12.7 Å². The lowest BCUT2D eigenvalue weighted by molar-refractivity contribution is -0.118. The van der Waals surface area contributed by atoms with Crippen LogP contribution in [0.1, 0.15) is 10.4 Å². The Balaban J connectivity index is 2.68. The largest absolute Gasteiger partial charge is 0.454 e. The Bertz CT molecular complexity index is 707. The summed E-state index contributed by atoms with van der Waals surface area (Å²) in [7, 11) is 0. The van der Waals surface area contributed by atoms with E-state index in [2.05, 4.69) is 15.9 Å². The van der Waals surface area contributed by atoms with Gasteiger partial charge < -0.3 is 10.3 Å². The number of halogens is 4. The van der Waals surface area contributed by atoms with Crippen LogP contribution in [0.15, 0.2) is 28.9 Å². The molecule has 0 unspecified atom stereocenters. The van der Waals surface area contributed by atoms with E-state index in [0.29, 0.717) is 9.99 Å². The maximum atomic E-state index is 12.6. The van der Waals surface area contributed by atoms with E-state index in [1.165, 1.54) is 16.7 Å². The van der Waals surface area contributed by atoms with Crippen LogP contribution >= 0.6 is 15.9 Å². The third-order valence-corrected chi connectivity index (χ3v) is 3.16. The van der Waals surface area contributed by atoms with Crippen molar-refractivity contribution < 1.29 is 22.8 Å². The predicted octanol–water partition coefficient (Wildman–Crippen LogP) is 2.63. The van der Waals surface area contributed by atoms with Crippen LogP contribution in [0, 0.1) is 0 Å². The van der Waals surface area contributed by atoms with Gasteiger partial charge in [0.2, 0.25) is 5.91 Å². The molecule has 0 aliphatic rings. The van der Waals surface area contributed by atoms with Crippen molar-refractivity contribution in [2.24, 2.45) is 5.73 Å². The summed E-state index contributed by atoms with van der Waals surface area (Å²) in [6.45, 7) is -0.302. The Kier molecular flexibility index (Phi) is 3.59. The number of hydrogen-bond donors (Lipinski definition) is 1. The first-order valence-corrected chi connectivity index (χ1v) is 6.17. The number of benzene rings is 1. The first kappa shape index (κ1) is 14.6. The number of fused-ring (bicyclic) bond motifs is 1. The number of nitrogens with two attached hydrogens (primary N) is 1. The van der Waals surface area contributed by atoms with Crippen molar-refractivity contribution in [3.05, 3.63) is 34.4 Å². The first-order valence-electron chi connectivity index (χ1n) is 5.38. The third kappa shape index (κ3) is 2.69. The summed E-state index contributed by atoms with van der Waals surface area (Å²) in [5.74, 6) is -2.67.